The number of aliphatic hydroxyl groups is 1. The van der Waals surface area contributed by atoms with Crippen molar-refractivity contribution in [1.29, 1.82) is 0 Å². The number of piperazine rings is 1. The molecule has 1 aromatic heterocycles. The quantitative estimate of drug-likeness (QED) is 0.368. The van der Waals surface area contributed by atoms with Gasteiger partial charge in [-0.3, -0.25) is 18.8 Å². The lowest BCUT2D eigenvalue weighted by Gasteiger charge is -2.34. The number of fused-ring (bicyclic) bond motifs is 2. The third-order valence-electron chi connectivity index (χ3n) is 8.32. The highest BCUT2D eigenvalue weighted by Crippen LogP contribution is 2.39. The number of amides is 2. The van der Waals surface area contributed by atoms with E-state index >= 15 is 0 Å². The highest BCUT2D eigenvalue weighted by Gasteiger charge is 2.34. The molecule has 42 heavy (non-hydrogen) atoms. The molecular weight excluding hydrogens is 578 g/mol. The molecule has 10 nitrogen and oxygen atoms in total. The van der Waals surface area contributed by atoms with Crippen LogP contribution in [0.4, 0.5) is 11.4 Å². The molecule has 0 saturated carbocycles. The number of carbonyl (C=O) groups excluding carboxylic acids is 2. The molecule has 3 aliphatic rings. The predicted molar refractivity (Wildman–Crippen MR) is 162 cm³/mol. The fourth-order valence-corrected chi connectivity index (χ4v) is 7.72. The van der Waals surface area contributed by atoms with E-state index in [0.29, 0.717) is 90.2 Å². The number of β-amino-alcohol motifs (C(OH)–C–C–N with tert-alkyl or cyclic N) is 1. The summed E-state index contributed by atoms with van der Waals surface area (Å²) < 4.78 is 28.8. The van der Waals surface area contributed by atoms with Gasteiger partial charge in [0.15, 0.2) is 0 Å². The molecule has 1 fully saturated rings. The molecule has 2 aromatic carbocycles. The number of sulfonamides is 1. The van der Waals surface area contributed by atoms with E-state index in [0.717, 1.165) is 11.1 Å². The lowest BCUT2D eigenvalue weighted by Crippen LogP contribution is -2.49. The van der Waals surface area contributed by atoms with E-state index in [9.17, 15) is 23.1 Å². The Hall–Kier alpha value is -3.64. The van der Waals surface area contributed by atoms with Crippen LogP contribution in [0.2, 0.25) is 5.02 Å². The molecular formula is C30H32ClN5O5S. The van der Waals surface area contributed by atoms with Crippen molar-refractivity contribution in [3.8, 4) is 0 Å². The predicted octanol–water partition coefficient (Wildman–Crippen LogP) is 3.28. The van der Waals surface area contributed by atoms with Crippen LogP contribution in [0.25, 0.3) is 11.6 Å². The summed E-state index contributed by atoms with van der Waals surface area (Å²) in [4.78, 5) is 33.8. The number of H-pyrrole nitrogens is 1. The Kier molecular flexibility index (Phi) is 7.38. The number of aromatic amines is 1. The summed E-state index contributed by atoms with van der Waals surface area (Å²) in [5.41, 5.74) is 5.39. The number of benzene rings is 2. The fraction of sp³-hybridized carbons (Fsp3) is 0.333. The Labute approximate surface area is 249 Å². The van der Waals surface area contributed by atoms with Crippen LogP contribution in [0.15, 0.2) is 41.3 Å². The average molecular weight is 610 g/mol. The Bertz CT molecular complexity index is 1740. The monoisotopic (exact) mass is 609 g/mol. The van der Waals surface area contributed by atoms with Crippen molar-refractivity contribution in [2.75, 3.05) is 55.5 Å². The third-order valence-corrected chi connectivity index (χ3v) is 10.4. The van der Waals surface area contributed by atoms with Crippen LogP contribution in [0.5, 0.6) is 0 Å². The summed E-state index contributed by atoms with van der Waals surface area (Å²) >= 11 is 6.17. The van der Waals surface area contributed by atoms with Gasteiger partial charge < -0.3 is 20.3 Å². The van der Waals surface area contributed by atoms with Gasteiger partial charge >= 0.3 is 0 Å². The smallest absolute Gasteiger partial charge is 0.264 e. The molecule has 0 spiro atoms. The number of halogens is 1. The Morgan fingerprint density at radius 1 is 1.07 bits per heavy atom. The summed E-state index contributed by atoms with van der Waals surface area (Å²) in [7, 11) is -3.91. The Morgan fingerprint density at radius 2 is 1.83 bits per heavy atom. The highest BCUT2D eigenvalue weighted by molar-refractivity contribution is 7.92. The minimum atomic E-state index is -3.91. The molecule has 12 heteroatoms. The summed E-state index contributed by atoms with van der Waals surface area (Å²) in [6.45, 7) is 7.20. The zero-order chi connectivity index (χ0) is 29.8. The SMILES string of the molecule is Cc1[nH]c(/C=C2\C(=O)Nc3ccc(S(=O)(=O)N4CCc5ccc(Cl)cc54)cc32)c(C)c1C(=O)N1CCN(CCO)CC1. The van der Waals surface area contributed by atoms with E-state index in [1.54, 1.807) is 24.3 Å². The van der Waals surface area contributed by atoms with Gasteiger partial charge in [0.1, 0.15) is 0 Å². The second kappa shape index (κ2) is 10.9. The van der Waals surface area contributed by atoms with E-state index in [1.807, 2.05) is 24.8 Å². The number of aromatic nitrogens is 1. The van der Waals surface area contributed by atoms with Gasteiger partial charge in [-0.05, 0) is 67.8 Å². The first-order valence-corrected chi connectivity index (χ1v) is 15.7. The normalized spacial score (nSPS) is 18.0. The summed E-state index contributed by atoms with van der Waals surface area (Å²) in [6, 6.07) is 9.89. The van der Waals surface area contributed by atoms with Crippen molar-refractivity contribution < 1.29 is 23.1 Å². The van der Waals surface area contributed by atoms with E-state index in [1.165, 1.54) is 16.4 Å². The van der Waals surface area contributed by atoms with Gasteiger partial charge in [0.05, 0.1) is 28.3 Å². The van der Waals surface area contributed by atoms with Gasteiger partial charge in [0, 0.05) is 66.9 Å². The topological polar surface area (TPSA) is 126 Å². The highest BCUT2D eigenvalue weighted by atomic mass is 35.5. The van der Waals surface area contributed by atoms with Crippen LogP contribution >= 0.6 is 11.6 Å². The molecule has 3 aromatic rings. The molecule has 0 bridgehead atoms. The first-order valence-electron chi connectivity index (χ1n) is 13.9. The van der Waals surface area contributed by atoms with E-state index in [-0.39, 0.29) is 23.3 Å². The first-order chi connectivity index (χ1) is 20.1. The van der Waals surface area contributed by atoms with Crippen LogP contribution < -0.4 is 9.62 Å². The Balaban J connectivity index is 1.30. The molecule has 4 heterocycles. The minimum Gasteiger partial charge on any atom is -0.395 e. The van der Waals surface area contributed by atoms with Crippen LogP contribution in [-0.2, 0) is 21.2 Å². The lowest BCUT2D eigenvalue weighted by atomic mass is 10.0. The van der Waals surface area contributed by atoms with Crippen molar-refractivity contribution >= 4 is 56.5 Å². The van der Waals surface area contributed by atoms with E-state index < -0.39 is 10.0 Å². The maximum Gasteiger partial charge on any atom is 0.264 e. The lowest BCUT2D eigenvalue weighted by molar-refractivity contribution is -0.110. The number of carbonyl (C=O) groups is 2. The number of hydrogen-bond donors (Lipinski definition) is 3. The molecule has 3 aliphatic heterocycles. The number of aliphatic hydroxyl groups excluding tert-OH is 1. The number of hydrogen-bond acceptors (Lipinski definition) is 6. The van der Waals surface area contributed by atoms with Crippen LogP contribution in [-0.4, -0.2) is 86.0 Å². The van der Waals surface area contributed by atoms with Crippen molar-refractivity contribution in [2.24, 2.45) is 0 Å². The Morgan fingerprint density at radius 3 is 2.57 bits per heavy atom. The molecule has 0 unspecified atom stereocenters. The summed E-state index contributed by atoms with van der Waals surface area (Å²) in [6.07, 6.45) is 2.27. The van der Waals surface area contributed by atoms with Crippen molar-refractivity contribution in [1.82, 2.24) is 14.8 Å². The molecule has 2 amide bonds. The number of anilines is 2. The second-order valence-corrected chi connectivity index (χ2v) is 13.1. The standard InChI is InChI=1S/C30H32ClN5O5S/c1-18-26(32-19(2)28(18)30(39)35-11-9-34(10-12-35)13-14-37)17-24-23-16-22(5-6-25(23)33-29(24)38)42(40,41)36-8-7-20-3-4-21(31)15-27(20)36/h3-6,15-17,32,37H,7-14H2,1-2H3,(H,33,38)/b24-17-. The van der Waals surface area contributed by atoms with E-state index in [2.05, 4.69) is 15.2 Å². The second-order valence-electron chi connectivity index (χ2n) is 10.8. The van der Waals surface area contributed by atoms with Gasteiger partial charge in [0.2, 0.25) is 0 Å². The fourth-order valence-electron chi connectivity index (χ4n) is 6.03. The van der Waals surface area contributed by atoms with Crippen molar-refractivity contribution in [3.05, 3.63) is 75.1 Å². The molecule has 0 radical (unpaired) electrons. The van der Waals surface area contributed by atoms with Crippen LogP contribution in [0.1, 0.15) is 38.4 Å². The van der Waals surface area contributed by atoms with Gasteiger partial charge in [-0.25, -0.2) is 8.42 Å². The summed E-state index contributed by atoms with van der Waals surface area (Å²) in [5, 5.41) is 12.5. The number of nitrogens with zero attached hydrogens (tertiary/aromatic N) is 3. The summed E-state index contributed by atoms with van der Waals surface area (Å²) in [5.74, 6) is -0.428. The largest absolute Gasteiger partial charge is 0.395 e. The first kappa shape index (κ1) is 28.5. The van der Waals surface area contributed by atoms with Crippen LogP contribution in [0, 0.1) is 13.8 Å². The van der Waals surface area contributed by atoms with Crippen molar-refractivity contribution in [3.63, 3.8) is 0 Å². The van der Waals surface area contributed by atoms with E-state index in [4.69, 9.17) is 11.6 Å². The van der Waals surface area contributed by atoms with Gasteiger partial charge in [-0.15, -0.1) is 0 Å². The van der Waals surface area contributed by atoms with Gasteiger partial charge in [-0.2, -0.15) is 0 Å². The number of rotatable bonds is 6. The molecule has 3 N–H and O–H groups in total. The zero-order valence-corrected chi connectivity index (χ0v) is 25.0. The third kappa shape index (κ3) is 4.90. The molecule has 220 valence electrons. The molecule has 0 atom stereocenters. The maximum atomic E-state index is 13.7. The zero-order valence-electron chi connectivity index (χ0n) is 23.4. The molecule has 0 aliphatic carbocycles. The minimum absolute atomic E-state index is 0.0760. The van der Waals surface area contributed by atoms with Crippen LogP contribution in [0.3, 0.4) is 0 Å². The van der Waals surface area contributed by atoms with Gasteiger partial charge in [-0.1, -0.05) is 17.7 Å². The number of aryl methyl sites for hydroxylation is 1. The molecule has 6 rings (SSSR count). The van der Waals surface area contributed by atoms with Crippen molar-refractivity contribution in [2.45, 2.75) is 25.2 Å². The number of nitrogens with one attached hydrogen (secondary N) is 2. The maximum absolute atomic E-state index is 13.7. The molecule has 1 saturated heterocycles. The average Bonchev–Trinajstić information content (AvgIpc) is 3.61. The van der Waals surface area contributed by atoms with Gasteiger partial charge in [0.25, 0.3) is 21.8 Å².